The second kappa shape index (κ2) is 5.70. The Labute approximate surface area is 105 Å². The molecule has 0 spiro atoms. The summed E-state index contributed by atoms with van der Waals surface area (Å²) in [6, 6.07) is -1.37. The second-order valence-electron chi connectivity index (χ2n) is 4.83. The lowest BCUT2D eigenvalue weighted by molar-refractivity contribution is -0.137. The molecule has 0 aromatic rings. The number of aliphatic carboxylic acids is 1. The van der Waals surface area contributed by atoms with Gasteiger partial charge < -0.3 is 21.1 Å². The summed E-state index contributed by atoms with van der Waals surface area (Å²) >= 11 is 0. The zero-order valence-corrected chi connectivity index (χ0v) is 10.5. The quantitative estimate of drug-likeness (QED) is 0.609. The molecule has 1 fully saturated rings. The number of carboxylic acid groups (broad SMARTS) is 1. The highest BCUT2D eigenvalue weighted by Crippen LogP contribution is 2.26. The topological polar surface area (TPSA) is 113 Å². The van der Waals surface area contributed by atoms with Crippen molar-refractivity contribution in [1.29, 1.82) is 0 Å². The van der Waals surface area contributed by atoms with E-state index < -0.39 is 23.9 Å². The van der Waals surface area contributed by atoms with E-state index in [1.54, 1.807) is 13.8 Å². The molecule has 1 rings (SSSR count). The number of amides is 3. The Bertz CT molecular complexity index is 352. The van der Waals surface area contributed by atoms with Crippen LogP contribution >= 0.6 is 0 Å². The summed E-state index contributed by atoms with van der Waals surface area (Å²) < 4.78 is 0. The SMILES string of the molecule is CC(C)C(NC(=O)N(CC(=O)O)C1CC1)C(N)=O. The van der Waals surface area contributed by atoms with Gasteiger partial charge in [-0.05, 0) is 18.8 Å². The molecule has 0 heterocycles. The molecule has 1 saturated carbocycles. The van der Waals surface area contributed by atoms with Gasteiger partial charge in [0.2, 0.25) is 5.91 Å². The molecule has 102 valence electrons. The van der Waals surface area contributed by atoms with E-state index in [2.05, 4.69) is 5.32 Å². The van der Waals surface area contributed by atoms with Crippen molar-refractivity contribution in [2.24, 2.45) is 11.7 Å². The van der Waals surface area contributed by atoms with E-state index in [0.29, 0.717) is 0 Å². The van der Waals surface area contributed by atoms with Gasteiger partial charge in [0, 0.05) is 6.04 Å². The van der Waals surface area contributed by atoms with Crippen molar-refractivity contribution >= 4 is 17.9 Å². The molecular weight excluding hydrogens is 238 g/mol. The van der Waals surface area contributed by atoms with Gasteiger partial charge in [0.1, 0.15) is 12.6 Å². The third-order valence-corrected chi connectivity index (χ3v) is 2.81. The summed E-state index contributed by atoms with van der Waals surface area (Å²) in [7, 11) is 0. The van der Waals surface area contributed by atoms with E-state index in [4.69, 9.17) is 10.8 Å². The van der Waals surface area contributed by atoms with E-state index in [9.17, 15) is 14.4 Å². The summed E-state index contributed by atoms with van der Waals surface area (Å²) in [5.74, 6) is -1.83. The number of hydrogen-bond donors (Lipinski definition) is 3. The Balaban J connectivity index is 2.65. The van der Waals surface area contributed by atoms with Crippen molar-refractivity contribution < 1.29 is 19.5 Å². The van der Waals surface area contributed by atoms with E-state index in [-0.39, 0.29) is 18.5 Å². The summed E-state index contributed by atoms with van der Waals surface area (Å²) in [6.45, 7) is 3.16. The molecule has 0 saturated heterocycles. The number of carboxylic acids is 1. The third-order valence-electron chi connectivity index (χ3n) is 2.81. The molecule has 1 aliphatic carbocycles. The first-order chi connectivity index (χ1) is 8.32. The number of carbonyl (C=O) groups is 3. The molecule has 1 aliphatic rings. The van der Waals surface area contributed by atoms with Crippen LogP contribution < -0.4 is 11.1 Å². The molecule has 0 radical (unpaired) electrons. The predicted molar refractivity (Wildman–Crippen MR) is 63.7 cm³/mol. The first kappa shape index (κ1) is 14.3. The molecule has 7 nitrogen and oxygen atoms in total. The molecule has 1 atom stereocenters. The van der Waals surface area contributed by atoms with Crippen LogP contribution in [0.2, 0.25) is 0 Å². The lowest BCUT2D eigenvalue weighted by Crippen LogP contribution is -2.53. The summed E-state index contributed by atoms with van der Waals surface area (Å²) in [5.41, 5.74) is 5.19. The maximum atomic E-state index is 11.9. The fraction of sp³-hybridized carbons (Fsp3) is 0.727. The number of nitrogens with one attached hydrogen (secondary N) is 1. The van der Waals surface area contributed by atoms with E-state index in [0.717, 1.165) is 12.8 Å². The lowest BCUT2D eigenvalue weighted by atomic mass is 10.0. The van der Waals surface area contributed by atoms with Gasteiger partial charge in [-0.2, -0.15) is 0 Å². The lowest BCUT2D eigenvalue weighted by Gasteiger charge is -2.25. The summed E-state index contributed by atoms with van der Waals surface area (Å²) in [4.78, 5) is 35.0. The maximum absolute atomic E-state index is 11.9. The third kappa shape index (κ3) is 3.90. The number of hydrogen-bond acceptors (Lipinski definition) is 3. The van der Waals surface area contributed by atoms with Crippen molar-refractivity contribution in [3.05, 3.63) is 0 Å². The van der Waals surface area contributed by atoms with Gasteiger partial charge in [0.05, 0.1) is 0 Å². The van der Waals surface area contributed by atoms with Gasteiger partial charge in [-0.25, -0.2) is 4.79 Å². The van der Waals surface area contributed by atoms with Crippen LogP contribution in [0.15, 0.2) is 0 Å². The minimum absolute atomic E-state index is 0.0400. The Morgan fingerprint density at radius 2 is 1.94 bits per heavy atom. The average molecular weight is 257 g/mol. The summed E-state index contributed by atoms with van der Waals surface area (Å²) in [5, 5.41) is 11.2. The Morgan fingerprint density at radius 1 is 1.39 bits per heavy atom. The van der Waals surface area contributed by atoms with Crippen LogP contribution in [0.1, 0.15) is 26.7 Å². The fourth-order valence-electron chi connectivity index (χ4n) is 1.68. The molecule has 18 heavy (non-hydrogen) atoms. The molecule has 7 heteroatoms. The van der Waals surface area contributed by atoms with Crippen LogP contribution in [0.3, 0.4) is 0 Å². The van der Waals surface area contributed by atoms with E-state index >= 15 is 0 Å². The van der Waals surface area contributed by atoms with Crippen LogP contribution in [-0.2, 0) is 9.59 Å². The number of nitrogens with two attached hydrogens (primary N) is 1. The average Bonchev–Trinajstić information content (AvgIpc) is 3.04. The number of urea groups is 1. The van der Waals surface area contributed by atoms with Gasteiger partial charge in [-0.15, -0.1) is 0 Å². The molecule has 0 aromatic heterocycles. The highest BCUT2D eigenvalue weighted by molar-refractivity contribution is 5.87. The first-order valence-corrected chi connectivity index (χ1v) is 5.91. The van der Waals surface area contributed by atoms with Crippen LogP contribution in [0.4, 0.5) is 4.79 Å². The molecule has 0 aromatic carbocycles. The van der Waals surface area contributed by atoms with E-state index in [1.807, 2.05) is 0 Å². The van der Waals surface area contributed by atoms with Crippen LogP contribution in [-0.4, -0.2) is 46.5 Å². The van der Waals surface area contributed by atoms with Crippen molar-refractivity contribution in [2.45, 2.75) is 38.8 Å². The Morgan fingerprint density at radius 3 is 2.28 bits per heavy atom. The van der Waals surface area contributed by atoms with Crippen molar-refractivity contribution in [1.82, 2.24) is 10.2 Å². The molecule has 4 N–H and O–H groups in total. The number of rotatable bonds is 6. The van der Waals surface area contributed by atoms with Crippen molar-refractivity contribution in [3.8, 4) is 0 Å². The zero-order valence-electron chi connectivity index (χ0n) is 10.5. The monoisotopic (exact) mass is 257 g/mol. The normalized spacial score (nSPS) is 16.2. The Hall–Kier alpha value is -1.79. The highest BCUT2D eigenvalue weighted by Gasteiger charge is 2.35. The maximum Gasteiger partial charge on any atom is 0.323 e. The van der Waals surface area contributed by atoms with Crippen LogP contribution in [0.5, 0.6) is 0 Å². The Kier molecular flexibility index (Phi) is 4.52. The number of carbonyl (C=O) groups excluding carboxylic acids is 2. The van der Waals surface area contributed by atoms with Crippen LogP contribution in [0.25, 0.3) is 0 Å². The van der Waals surface area contributed by atoms with Gasteiger partial charge >= 0.3 is 12.0 Å². The minimum atomic E-state index is -1.07. The minimum Gasteiger partial charge on any atom is -0.480 e. The molecule has 0 aliphatic heterocycles. The summed E-state index contributed by atoms with van der Waals surface area (Å²) in [6.07, 6.45) is 1.59. The molecular formula is C11H19N3O4. The fourth-order valence-corrected chi connectivity index (χ4v) is 1.68. The zero-order chi connectivity index (χ0) is 13.9. The molecule has 0 bridgehead atoms. The van der Waals surface area contributed by atoms with Crippen molar-refractivity contribution in [2.75, 3.05) is 6.54 Å². The van der Waals surface area contributed by atoms with Crippen molar-refractivity contribution in [3.63, 3.8) is 0 Å². The standard InChI is InChI=1S/C11H19N3O4/c1-6(2)9(10(12)17)13-11(18)14(5-8(15)16)7-3-4-7/h6-7,9H,3-5H2,1-2H3,(H2,12,17)(H,13,18)(H,15,16). The van der Waals surface area contributed by atoms with E-state index in [1.165, 1.54) is 4.90 Å². The van der Waals surface area contributed by atoms with Crippen LogP contribution in [0, 0.1) is 5.92 Å². The molecule has 3 amide bonds. The first-order valence-electron chi connectivity index (χ1n) is 5.91. The number of primary amides is 1. The molecule has 1 unspecified atom stereocenters. The second-order valence-corrected chi connectivity index (χ2v) is 4.83. The largest absolute Gasteiger partial charge is 0.480 e. The predicted octanol–water partition coefficient (Wildman–Crippen LogP) is -0.245. The van der Waals surface area contributed by atoms with Gasteiger partial charge in [-0.3, -0.25) is 9.59 Å². The smallest absolute Gasteiger partial charge is 0.323 e. The highest BCUT2D eigenvalue weighted by atomic mass is 16.4. The van der Waals surface area contributed by atoms with Gasteiger partial charge in [0.25, 0.3) is 0 Å². The number of nitrogens with zero attached hydrogens (tertiary/aromatic N) is 1. The van der Waals surface area contributed by atoms with Gasteiger partial charge in [-0.1, -0.05) is 13.8 Å². The van der Waals surface area contributed by atoms with Gasteiger partial charge in [0.15, 0.2) is 0 Å².